The molecule has 0 saturated carbocycles. The number of anilines is 1. The number of morpholine rings is 1. The van der Waals surface area contributed by atoms with Crippen LogP contribution in [-0.4, -0.2) is 48.2 Å². The van der Waals surface area contributed by atoms with Crippen LogP contribution in [0.15, 0.2) is 53.3 Å². The maximum absolute atomic E-state index is 12.1. The average Bonchev–Trinajstić information content (AvgIpc) is 3.31. The van der Waals surface area contributed by atoms with E-state index in [0.29, 0.717) is 5.76 Å². The number of nitrogens with zero attached hydrogens (tertiary/aromatic N) is 2. The van der Waals surface area contributed by atoms with Gasteiger partial charge in [0.2, 0.25) is 0 Å². The molecule has 25 heavy (non-hydrogen) atoms. The Morgan fingerprint density at radius 2 is 2.00 bits per heavy atom. The number of furan rings is 1. The van der Waals surface area contributed by atoms with E-state index >= 15 is 0 Å². The molecule has 0 radical (unpaired) electrons. The summed E-state index contributed by atoms with van der Waals surface area (Å²) in [6.07, 6.45) is 3.59. The number of carbonyl (C=O) groups excluding carboxylic acids is 1. The summed E-state index contributed by atoms with van der Waals surface area (Å²) in [5.41, 5.74) is 1.93. The molecule has 0 bridgehead atoms. The number of aromatic nitrogens is 1. The maximum Gasteiger partial charge on any atom is 0.291 e. The third-order valence-corrected chi connectivity index (χ3v) is 4.53. The highest BCUT2D eigenvalue weighted by Crippen LogP contribution is 2.21. The molecule has 0 aliphatic carbocycles. The van der Waals surface area contributed by atoms with Crippen LogP contribution in [0.4, 0.5) is 5.69 Å². The fourth-order valence-corrected chi connectivity index (χ4v) is 3.15. The molecule has 4 rings (SSSR count). The van der Waals surface area contributed by atoms with Gasteiger partial charge >= 0.3 is 0 Å². The summed E-state index contributed by atoms with van der Waals surface area (Å²) in [5, 5.41) is 3.98. The van der Waals surface area contributed by atoms with Crippen molar-refractivity contribution in [3.05, 3.63) is 54.6 Å². The van der Waals surface area contributed by atoms with Crippen LogP contribution in [0, 0.1) is 0 Å². The van der Waals surface area contributed by atoms with E-state index in [1.165, 1.54) is 11.8 Å². The molecule has 1 aliphatic rings. The summed E-state index contributed by atoms with van der Waals surface area (Å²) >= 11 is 0. The van der Waals surface area contributed by atoms with E-state index in [1.54, 1.807) is 12.1 Å². The lowest BCUT2D eigenvalue weighted by Crippen LogP contribution is -2.38. The van der Waals surface area contributed by atoms with E-state index in [2.05, 4.69) is 27.0 Å². The fourth-order valence-electron chi connectivity index (χ4n) is 3.15. The van der Waals surface area contributed by atoms with Crippen molar-refractivity contribution in [2.24, 2.45) is 0 Å². The molecular formula is C19H21N3O3. The van der Waals surface area contributed by atoms with Crippen molar-refractivity contribution < 1.29 is 13.9 Å². The summed E-state index contributed by atoms with van der Waals surface area (Å²) in [7, 11) is 0. The zero-order chi connectivity index (χ0) is 17.1. The summed E-state index contributed by atoms with van der Waals surface area (Å²) in [4.78, 5) is 14.5. The Labute approximate surface area is 146 Å². The number of hydrogen-bond donors (Lipinski definition) is 1. The molecule has 1 amide bonds. The number of ether oxygens (including phenoxy) is 1. The van der Waals surface area contributed by atoms with E-state index in [4.69, 9.17) is 9.15 Å². The first kappa shape index (κ1) is 15.9. The molecule has 0 spiro atoms. The Morgan fingerprint density at radius 1 is 1.12 bits per heavy atom. The van der Waals surface area contributed by atoms with Gasteiger partial charge in [0.15, 0.2) is 5.76 Å². The molecule has 0 atom stereocenters. The largest absolute Gasteiger partial charge is 0.459 e. The Balaban J connectivity index is 1.44. The van der Waals surface area contributed by atoms with Gasteiger partial charge in [0.1, 0.15) is 0 Å². The van der Waals surface area contributed by atoms with Crippen LogP contribution in [0.2, 0.25) is 0 Å². The highest BCUT2D eigenvalue weighted by molar-refractivity contribution is 6.03. The highest BCUT2D eigenvalue weighted by Gasteiger charge is 2.12. The topological polar surface area (TPSA) is 59.6 Å². The van der Waals surface area contributed by atoms with Gasteiger partial charge in [0.25, 0.3) is 5.91 Å². The average molecular weight is 339 g/mol. The zero-order valence-electron chi connectivity index (χ0n) is 14.0. The molecule has 2 aromatic heterocycles. The number of hydrogen-bond acceptors (Lipinski definition) is 4. The van der Waals surface area contributed by atoms with Gasteiger partial charge in [-0.15, -0.1) is 0 Å². The first-order valence-corrected chi connectivity index (χ1v) is 8.53. The number of amides is 1. The van der Waals surface area contributed by atoms with Crippen molar-refractivity contribution in [3.8, 4) is 0 Å². The second kappa shape index (κ2) is 7.13. The van der Waals surface area contributed by atoms with Gasteiger partial charge in [-0.05, 0) is 36.4 Å². The number of fused-ring (bicyclic) bond motifs is 1. The van der Waals surface area contributed by atoms with E-state index in [1.807, 2.05) is 18.2 Å². The summed E-state index contributed by atoms with van der Waals surface area (Å²) in [5.74, 6) is 0.0688. The molecule has 3 heterocycles. The molecule has 1 aliphatic heterocycles. The third kappa shape index (κ3) is 3.60. The van der Waals surface area contributed by atoms with E-state index in [0.717, 1.165) is 50.5 Å². The van der Waals surface area contributed by atoms with Gasteiger partial charge in [0.05, 0.1) is 19.5 Å². The number of carbonyl (C=O) groups is 1. The Bertz CT molecular complexity index is 848. The van der Waals surface area contributed by atoms with Gasteiger partial charge in [-0.1, -0.05) is 0 Å². The molecule has 3 aromatic rings. The third-order valence-electron chi connectivity index (χ3n) is 4.53. The minimum Gasteiger partial charge on any atom is -0.459 e. The van der Waals surface area contributed by atoms with Crippen molar-refractivity contribution in [3.63, 3.8) is 0 Å². The monoisotopic (exact) mass is 339 g/mol. The first-order valence-electron chi connectivity index (χ1n) is 8.53. The Morgan fingerprint density at radius 3 is 2.80 bits per heavy atom. The molecule has 6 heteroatoms. The molecule has 1 aromatic carbocycles. The minimum atomic E-state index is -0.240. The lowest BCUT2D eigenvalue weighted by Gasteiger charge is -2.26. The molecule has 130 valence electrons. The van der Waals surface area contributed by atoms with Crippen LogP contribution in [-0.2, 0) is 11.3 Å². The summed E-state index contributed by atoms with van der Waals surface area (Å²) in [6.45, 7) is 5.62. The van der Waals surface area contributed by atoms with Crippen LogP contribution < -0.4 is 5.32 Å². The smallest absolute Gasteiger partial charge is 0.291 e. The van der Waals surface area contributed by atoms with Gasteiger partial charge in [0, 0.05) is 49.0 Å². The minimum absolute atomic E-state index is 0.240. The predicted octanol–water partition coefficient (Wildman–Crippen LogP) is 2.82. The number of benzene rings is 1. The van der Waals surface area contributed by atoms with Gasteiger partial charge in [-0.25, -0.2) is 0 Å². The second-order valence-electron chi connectivity index (χ2n) is 6.17. The SMILES string of the molecule is O=C(Nc1ccc2c(ccn2CCN2CCOCC2)c1)c1ccco1. The van der Waals surface area contributed by atoms with Gasteiger partial charge in [-0.3, -0.25) is 9.69 Å². The summed E-state index contributed by atoms with van der Waals surface area (Å²) in [6, 6.07) is 11.4. The van der Waals surface area contributed by atoms with Gasteiger partial charge in [-0.2, -0.15) is 0 Å². The summed E-state index contributed by atoms with van der Waals surface area (Å²) < 4.78 is 12.8. The van der Waals surface area contributed by atoms with Crippen molar-refractivity contribution >= 4 is 22.5 Å². The molecule has 1 fully saturated rings. The van der Waals surface area contributed by atoms with Crippen LogP contribution in [0.1, 0.15) is 10.6 Å². The predicted molar refractivity (Wildman–Crippen MR) is 95.9 cm³/mol. The van der Waals surface area contributed by atoms with Crippen LogP contribution >= 0.6 is 0 Å². The Hall–Kier alpha value is -2.57. The quantitative estimate of drug-likeness (QED) is 0.776. The molecular weight excluding hydrogens is 318 g/mol. The van der Waals surface area contributed by atoms with E-state index in [-0.39, 0.29) is 5.91 Å². The molecule has 1 saturated heterocycles. The van der Waals surface area contributed by atoms with Gasteiger partial charge < -0.3 is 19.0 Å². The van der Waals surface area contributed by atoms with Crippen molar-refractivity contribution in [1.29, 1.82) is 0 Å². The van der Waals surface area contributed by atoms with Crippen LogP contribution in [0.5, 0.6) is 0 Å². The van der Waals surface area contributed by atoms with E-state index in [9.17, 15) is 4.79 Å². The lowest BCUT2D eigenvalue weighted by molar-refractivity contribution is 0.0365. The highest BCUT2D eigenvalue weighted by atomic mass is 16.5. The molecule has 1 N–H and O–H groups in total. The van der Waals surface area contributed by atoms with Crippen molar-refractivity contribution in [2.75, 3.05) is 38.2 Å². The number of nitrogens with one attached hydrogen (secondary N) is 1. The van der Waals surface area contributed by atoms with Crippen LogP contribution in [0.25, 0.3) is 10.9 Å². The normalized spacial score (nSPS) is 15.5. The molecule has 0 unspecified atom stereocenters. The maximum atomic E-state index is 12.1. The van der Waals surface area contributed by atoms with Crippen molar-refractivity contribution in [1.82, 2.24) is 9.47 Å². The lowest BCUT2D eigenvalue weighted by atomic mass is 10.2. The standard InChI is InChI=1S/C19H21N3O3/c23-19(18-2-1-11-25-18)20-16-3-4-17-15(14-16)5-6-22(17)8-7-21-9-12-24-13-10-21/h1-6,11,14H,7-10,12-13H2,(H,20,23). The van der Waals surface area contributed by atoms with Crippen LogP contribution in [0.3, 0.4) is 0 Å². The zero-order valence-corrected chi connectivity index (χ0v) is 14.0. The van der Waals surface area contributed by atoms with E-state index < -0.39 is 0 Å². The first-order chi connectivity index (χ1) is 12.3. The number of rotatable bonds is 5. The second-order valence-corrected chi connectivity index (χ2v) is 6.17. The Kier molecular flexibility index (Phi) is 4.54. The van der Waals surface area contributed by atoms with Crippen molar-refractivity contribution in [2.45, 2.75) is 6.54 Å². The fraction of sp³-hybridized carbons (Fsp3) is 0.316. The molecule has 6 nitrogen and oxygen atoms in total.